The van der Waals surface area contributed by atoms with E-state index in [4.69, 9.17) is 17.3 Å². The first kappa shape index (κ1) is 17.4. The third-order valence-corrected chi connectivity index (χ3v) is 3.57. The van der Waals surface area contributed by atoms with Gasteiger partial charge in [0.1, 0.15) is 17.8 Å². The minimum Gasteiger partial charge on any atom is -0.393 e. The van der Waals surface area contributed by atoms with Gasteiger partial charge in [-0.25, -0.2) is 14.4 Å². The lowest BCUT2D eigenvalue weighted by molar-refractivity contribution is 0.0962. The second-order valence-corrected chi connectivity index (χ2v) is 5.47. The highest BCUT2D eigenvalue weighted by molar-refractivity contribution is 6.31. The number of nitrogen functional groups attached to an aromatic ring is 1. The van der Waals surface area contributed by atoms with Crippen LogP contribution in [0.3, 0.4) is 0 Å². The van der Waals surface area contributed by atoms with Gasteiger partial charge in [-0.05, 0) is 30.3 Å². The molecule has 0 saturated carbocycles. The molecule has 0 bridgehead atoms. The summed E-state index contributed by atoms with van der Waals surface area (Å²) < 4.78 is 13.2. The summed E-state index contributed by atoms with van der Waals surface area (Å²) in [5.74, 6) is -0.488. The third kappa shape index (κ3) is 3.95. The molecule has 3 rings (SSSR count). The summed E-state index contributed by atoms with van der Waals surface area (Å²) in [6.45, 7) is 0. The molecule has 132 valence electrons. The molecule has 0 aliphatic rings. The fourth-order valence-corrected chi connectivity index (χ4v) is 2.17. The molecule has 0 radical (unpaired) electrons. The van der Waals surface area contributed by atoms with E-state index in [1.54, 1.807) is 18.3 Å². The summed E-state index contributed by atoms with van der Waals surface area (Å²) in [5, 5.41) is 2.87. The first-order valence-corrected chi connectivity index (χ1v) is 7.71. The number of hydrogen-bond donors (Lipinski definition) is 4. The largest absolute Gasteiger partial charge is 0.393 e. The van der Waals surface area contributed by atoms with Crippen molar-refractivity contribution in [1.82, 2.24) is 20.4 Å². The predicted octanol–water partition coefficient (Wildman–Crippen LogP) is 2.75. The highest BCUT2D eigenvalue weighted by atomic mass is 35.5. The summed E-state index contributed by atoms with van der Waals surface area (Å²) in [7, 11) is 0. The number of hydrazine groups is 1. The van der Waals surface area contributed by atoms with E-state index in [0.717, 1.165) is 0 Å². The van der Waals surface area contributed by atoms with Crippen molar-refractivity contribution in [3.05, 3.63) is 65.5 Å². The minimum atomic E-state index is -0.534. The summed E-state index contributed by atoms with van der Waals surface area (Å²) in [6.07, 6.45) is 4.24. The molecular formula is C16H13ClFN7O. The van der Waals surface area contributed by atoms with E-state index in [-0.39, 0.29) is 22.3 Å². The van der Waals surface area contributed by atoms with Crippen molar-refractivity contribution < 1.29 is 9.18 Å². The minimum absolute atomic E-state index is 0.0373. The third-order valence-electron chi connectivity index (χ3n) is 3.28. The maximum absolute atomic E-state index is 13.2. The Bertz CT molecular complexity index is 939. The number of carbonyl (C=O) groups excluding carboxylic acids is 1. The van der Waals surface area contributed by atoms with E-state index >= 15 is 0 Å². The number of hydrogen-bond acceptors (Lipinski definition) is 7. The zero-order valence-electron chi connectivity index (χ0n) is 13.2. The van der Waals surface area contributed by atoms with Gasteiger partial charge in [0.2, 0.25) is 0 Å². The molecule has 0 aliphatic carbocycles. The molecule has 0 spiro atoms. The Hall–Kier alpha value is -3.46. The van der Waals surface area contributed by atoms with Gasteiger partial charge in [0.15, 0.2) is 11.6 Å². The predicted molar refractivity (Wildman–Crippen MR) is 96.5 cm³/mol. The molecule has 3 aromatic rings. The van der Waals surface area contributed by atoms with Gasteiger partial charge in [-0.15, -0.1) is 0 Å². The van der Waals surface area contributed by atoms with Gasteiger partial charge in [0.05, 0.1) is 10.6 Å². The van der Waals surface area contributed by atoms with Crippen LogP contribution in [0.25, 0.3) is 0 Å². The summed E-state index contributed by atoms with van der Waals surface area (Å²) in [5.41, 5.74) is 12.1. The number of nitrogens with one attached hydrogen (secondary N) is 3. The second-order valence-electron chi connectivity index (χ2n) is 5.06. The van der Waals surface area contributed by atoms with E-state index in [9.17, 15) is 9.18 Å². The van der Waals surface area contributed by atoms with Crippen molar-refractivity contribution in [3.8, 4) is 0 Å². The summed E-state index contributed by atoms with van der Waals surface area (Å²) in [4.78, 5) is 23.9. The molecule has 0 fully saturated rings. The van der Waals surface area contributed by atoms with Crippen LogP contribution in [0.15, 0.2) is 49.1 Å². The molecule has 2 heterocycles. The van der Waals surface area contributed by atoms with E-state index in [0.29, 0.717) is 11.3 Å². The van der Waals surface area contributed by atoms with Crippen LogP contribution in [0, 0.1) is 5.82 Å². The van der Waals surface area contributed by atoms with E-state index in [2.05, 4.69) is 31.1 Å². The van der Waals surface area contributed by atoms with Crippen LogP contribution in [0.1, 0.15) is 10.4 Å². The van der Waals surface area contributed by atoms with E-state index < -0.39 is 11.7 Å². The number of anilines is 4. The number of nitrogens with two attached hydrogens (primary N) is 1. The van der Waals surface area contributed by atoms with Crippen molar-refractivity contribution in [2.45, 2.75) is 0 Å². The Labute approximate surface area is 152 Å². The quantitative estimate of drug-likeness (QED) is 0.508. The number of carbonyl (C=O) groups is 1. The fraction of sp³-hybridized carbons (Fsp3) is 0. The van der Waals surface area contributed by atoms with Crippen molar-refractivity contribution in [3.63, 3.8) is 0 Å². The van der Waals surface area contributed by atoms with Crippen molar-refractivity contribution >= 4 is 40.5 Å². The molecular weight excluding hydrogens is 361 g/mol. The van der Waals surface area contributed by atoms with Crippen LogP contribution in [0.4, 0.5) is 27.4 Å². The van der Waals surface area contributed by atoms with Crippen LogP contribution < -0.4 is 21.9 Å². The molecule has 0 atom stereocenters. The average molecular weight is 374 g/mol. The summed E-state index contributed by atoms with van der Waals surface area (Å²) in [6, 6.07) is 7.35. The van der Waals surface area contributed by atoms with Gasteiger partial charge in [0, 0.05) is 18.1 Å². The Kier molecular flexibility index (Phi) is 5.09. The highest BCUT2D eigenvalue weighted by Crippen LogP contribution is 2.27. The van der Waals surface area contributed by atoms with E-state index in [1.807, 2.05) is 0 Å². The average Bonchev–Trinajstić information content (AvgIpc) is 2.66. The van der Waals surface area contributed by atoms with Gasteiger partial charge in [-0.1, -0.05) is 11.6 Å². The van der Waals surface area contributed by atoms with Crippen LogP contribution in [0.2, 0.25) is 5.02 Å². The molecule has 2 aromatic heterocycles. The van der Waals surface area contributed by atoms with Gasteiger partial charge in [-0.2, -0.15) is 0 Å². The van der Waals surface area contributed by atoms with Crippen molar-refractivity contribution in [2.24, 2.45) is 0 Å². The zero-order chi connectivity index (χ0) is 18.5. The maximum atomic E-state index is 13.2. The zero-order valence-corrected chi connectivity index (χ0v) is 14.0. The Balaban J connectivity index is 1.72. The number of nitrogens with zero attached hydrogens (tertiary/aromatic N) is 3. The van der Waals surface area contributed by atoms with Crippen LogP contribution in [-0.4, -0.2) is 20.9 Å². The smallest absolute Gasteiger partial charge is 0.271 e. The maximum Gasteiger partial charge on any atom is 0.271 e. The first-order chi connectivity index (χ1) is 12.5. The fourth-order valence-electron chi connectivity index (χ4n) is 1.99. The molecule has 1 aromatic carbocycles. The molecule has 0 aliphatic heterocycles. The number of aromatic nitrogens is 3. The van der Waals surface area contributed by atoms with Crippen molar-refractivity contribution in [1.29, 1.82) is 0 Å². The summed E-state index contributed by atoms with van der Waals surface area (Å²) >= 11 is 5.75. The molecule has 26 heavy (non-hydrogen) atoms. The monoisotopic (exact) mass is 373 g/mol. The molecule has 0 unspecified atom stereocenters. The number of halogens is 2. The highest BCUT2D eigenvalue weighted by Gasteiger charge is 2.11. The van der Waals surface area contributed by atoms with Gasteiger partial charge >= 0.3 is 0 Å². The topological polar surface area (TPSA) is 118 Å². The molecule has 10 heteroatoms. The molecule has 0 saturated heterocycles. The van der Waals surface area contributed by atoms with Gasteiger partial charge < -0.3 is 11.1 Å². The standard InChI is InChI=1S/C16H13ClFN7O/c17-11-6-10(3-4-12(11)18)23-14-13(19)15(22-8-21-14)24-25-16(26)9-2-1-5-20-7-9/h1-8H,19H2,(H,25,26)(H2,21,22,23,24). The Morgan fingerprint density at radius 2 is 2.00 bits per heavy atom. The normalized spacial score (nSPS) is 10.2. The van der Waals surface area contributed by atoms with Crippen LogP contribution >= 0.6 is 11.6 Å². The van der Waals surface area contributed by atoms with Gasteiger partial charge in [0.25, 0.3) is 5.91 Å². The van der Waals surface area contributed by atoms with Crippen LogP contribution in [0.5, 0.6) is 0 Å². The van der Waals surface area contributed by atoms with E-state index in [1.165, 1.54) is 30.7 Å². The van der Waals surface area contributed by atoms with Gasteiger partial charge in [-0.3, -0.25) is 20.6 Å². The van der Waals surface area contributed by atoms with Crippen molar-refractivity contribution in [2.75, 3.05) is 16.5 Å². The number of pyridine rings is 1. The molecule has 8 nitrogen and oxygen atoms in total. The lowest BCUT2D eigenvalue weighted by Gasteiger charge is -2.13. The number of amides is 1. The van der Waals surface area contributed by atoms with Crippen LogP contribution in [-0.2, 0) is 0 Å². The SMILES string of the molecule is Nc1c(NNC(=O)c2cccnc2)ncnc1Nc1ccc(F)c(Cl)c1. The molecule has 1 amide bonds. The Morgan fingerprint density at radius 1 is 1.19 bits per heavy atom. The lowest BCUT2D eigenvalue weighted by atomic mass is 10.3. The first-order valence-electron chi connectivity index (χ1n) is 7.33. The molecule has 5 N–H and O–H groups in total. The number of benzene rings is 1. The Morgan fingerprint density at radius 3 is 2.73 bits per heavy atom. The number of rotatable bonds is 5. The lowest BCUT2D eigenvalue weighted by Crippen LogP contribution is -2.30. The second kappa shape index (κ2) is 7.62.